The number of carbonyl (C=O) groups excluding carboxylic acids is 1. The zero-order valence-electron chi connectivity index (χ0n) is 13.1. The predicted molar refractivity (Wildman–Crippen MR) is 83.0 cm³/mol. The van der Waals surface area contributed by atoms with Crippen molar-refractivity contribution < 1.29 is 9.90 Å². The van der Waals surface area contributed by atoms with E-state index < -0.39 is 0 Å². The summed E-state index contributed by atoms with van der Waals surface area (Å²) in [6, 6.07) is 0.717. The Labute approximate surface area is 128 Å². The van der Waals surface area contributed by atoms with Gasteiger partial charge in [-0.2, -0.15) is 0 Å². The summed E-state index contributed by atoms with van der Waals surface area (Å²) in [5.41, 5.74) is -0.310. The molecule has 120 valence electrons. The molecule has 2 aliphatic carbocycles. The van der Waals surface area contributed by atoms with Gasteiger partial charge in [0.25, 0.3) is 0 Å². The van der Waals surface area contributed by atoms with Gasteiger partial charge in [-0.15, -0.1) is 0 Å². The molecule has 1 heterocycles. The van der Waals surface area contributed by atoms with Gasteiger partial charge in [-0.05, 0) is 38.6 Å². The number of nitrogens with zero attached hydrogens (tertiary/aromatic N) is 1. The number of hydrogen-bond acceptors (Lipinski definition) is 3. The third kappa shape index (κ3) is 3.42. The molecule has 0 bridgehead atoms. The van der Waals surface area contributed by atoms with Gasteiger partial charge in [0.05, 0.1) is 18.1 Å². The molecular formula is C17H30N2O2. The number of carbonyl (C=O) groups is 1. The van der Waals surface area contributed by atoms with Gasteiger partial charge in [0.1, 0.15) is 0 Å². The van der Waals surface area contributed by atoms with Crippen molar-refractivity contribution in [3.63, 3.8) is 0 Å². The zero-order chi connectivity index (χ0) is 14.7. The summed E-state index contributed by atoms with van der Waals surface area (Å²) in [6.07, 6.45) is 11.8. The minimum Gasteiger partial charge on any atom is -0.394 e. The molecule has 2 saturated carbocycles. The lowest BCUT2D eigenvalue weighted by molar-refractivity contribution is -0.127. The Hall–Kier alpha value is -0.610. The molecule has 3 rings (SSSR count). The number of aliphatic hydroxyl groups excluding tert-OH is 1. The van der Waals surface area contributed by atoms with Crippen LogP contribution in [-0.4, -0.2) is 47.2 Å². The van der Waals surface area contributed by atoms with Gasteiger partial charge in [0, 0.05) is 12.6 Å². The molecule has 0 radical (unpaired) electrons. The maximum absolute atomic E-state index is 12.5. The number of amides is 1. The van der Waals surface area contributed by atoms with Gasteiger partial charge < -0.3 is 10.4 Å². The highest BCUT2D eigenvalue weighted by atomic mass is 16.3. The van der Waals surface area contributed by atoms with Crippen LogP contribution in [0.1, 0.15) is 64.2 Å². The van der Waals surface area contributed by atoms with Gasteiger partial charge in [0.15, 0.2) is 0 Å². The van der Waals surface area contributed by atoms with E-state index in [9.17, 15) is 9.90 Å². The first kappa shape index (κ1) is 15.3. The van der Waals surface area contributed by atoms with Crippen LogP contribution in [0.2, 0.25) is 0 Å². The molecule has 1 unspecified atom stereocenters. The highest BCUT2D eigenvalue weighted by molar-refractivity contribution is 5.80. The van der Waals surface area contributed by atoms with Crippen molar-refractivity contribution in [1.82, 2.24) is 10.2 Å². The Kier molecular flexibility index (Phi) is 4.85. The molecule has 1 amide bonds. The van der Waals surface area contributed by atoms with Crippen molar-refractivity contribution in [3.8, 4) is 0 Å². The molecule has 1 aliphatic heterocycles. The lowest BCUT2D eigenvalue weighted by atomic mass is 9.94. The van der Waals surface area contributed by atoms with Crippen LogP contribution < -0.4 is 5.32 Å². The Balaban J connectivity index is 1.52. The lowest BCUT2D eigenvalue weighted by Crippen LogP contribution is -2.51. The van der Waals surface area contributed by atoms with Gasteiger partial charge in [-0.1, -0.05) is 32.1 Å². The van der Waals surface area contributed by atoms with E-state index in [2.05, 4.69) is 10.2 Å². The minimum atomic E-state index is -0.310. The normalized spacial score (nSPS) is 30.6. The van der Waals surface area contributed by atoms with Crippen LogP contribution in [0.4, 0.5) is 0 Å². The molecule has 0 aromatic heterocycles. The monoisotopic (exact) mass is 294 g/mol. The van der Waals surface area contributed by atoms with E-state index in [0.29, 0.717) is 0 Å². The SMILES string of the molecule is O=C(NC1(CO)CCCC1)C1CCN(C2CCCCC2)C1. The topological polar surface area (TPSA) is 52.6 Å². The van der Waals surface area contributed by atoms with Gasteiger partial charge >= 0.3 is 0 Å². The van der Waals surface area contributed by atoms with Crippen molar-refractivity contribution >= 4 is 5.91 Å². The zero-order valence-corrected chi connectivity index (χ0v) is 13.1. The molecule has 3 fully saturated rings. The van der Waals surface area contributed by atoms with Crippen molar-refractivity contribution in [1.29, 1.82) is 0 Å². The molecule has 21 heavy (non-hydrogen) atoms. The Morgan fingerprint density at radius 1 is 1.10 bits per heavy atom. The summed E-state index contributed by atoms with van der Waals surface area (Å²) >= 11 is 0. The summed E-state index contributed by atoms with van der Waals surface area (Å²) in [4.78, 5) is 15.1. The maximum Gasteiger partial charge on any atom is 0.224 e. The van der Waals surface area contributed by atoms with Crippen LogP contribution in [0, 0.1) is 5.92 Å². The first-order chi connectivity index (χ1) is 10.2. The highest BCUT2D eigenvalue weighted by Crippen LogP contribution is 2.31. The standard InChI is InChI=1S/C17H30N2O2/c20-13-17(9-4-5-10-17)18-16(21)14-8-11-19(12-14)15-6-2-1-3-7-15/h14-15,20H,1-13H2,(H,18,21). The van der Waals surface area contributed by atoms with Crippen LogP contribution >= 0.6 is 0 Å². The second-order valence-electron chi connectivity index (χ2n) is 7.41. The fourth-order valence-electron chi connectivity index (χ4n) is 4.52. The molecule has 0 aromatic carbocycles. The largest absolute Gasteiger partial charge is 0.394 e. The van der Waals surface area contributed by atoms with E-state index in [1.807, 2.05) is 0 Å². The van der Waals surface area contributed by atoms with Crippen LogP contribution in [0.15, 0.2) is 0 Å². The second-order valence-corrected chi connectivity index (χ2v) is 7.41. The number of hydrogen-bond donors (Lipinski definition) is 2. The summed E-state index contributed by atoms with van der Waals surface area (Å²) in [6.45, 7) is 2.10. The van der Waals surface area contributed by atoms with E-state index in [1.165, 1.54) is 32.1 Å². The van der Waals surface area contributed by atoms with E-state index in [1.54, 1.807) is 0 Å². The smallest absolute Gasteiger partial charge is 0.224 e. The summed E-state index contributed by atoms with van der Waals surface area (Å²) in [5, 5.41) is 12.8. The molecule has 1 atom stereocenters. The van der Waals surface area contributed by atoms with Crippen LogP contribution in [0.5, 0.6) is 0 Å². The van der Waals surface area contributed by atoms with E-state index in [0.717, 1.165) is 51.2 Å². The quantitative estimate of drug-likeness (QED) is 0.834. The van der Waals surface area contributed by atoms with Crippen LogP contribution in [0.25, 0.3) is 0 Å². The van der Waals surface area contributed by atoms with Crippen LogP contribution in [0.3, 0.4) is 0 Å². The molecule has 0 aromatic rings. The van der Waals surface area contributed by atoms with E-state index >= 15 is 0 Å². The summed E-state index contributed by atoms with van der Waals surface area (Å²) in [5.74, 6) is 0.320. The summed E-state index contributed by atoms with van der Waals surface area (Å²) in [7, 11) is 0. The van der Waals surface area contributed by atoms with Crippen molar-refractivity contribution in [2.45, 2.75) is 75.8 Å². The van der Waals surface area contributed by atoms with Gasteiger partial charge in [0.2, 0.25) is 5.91 Å². The molecular weight excluding hydrogens is 264 g/mol. The third-order valence-corrected chi connectivity index (χ3v) is 5.93. The molecule has 4 nitrogen and oxygen atoms in total. The lowest BCUT2D eigenvalue weighted by Gasteiger charge is -2.32. The fraction of sp³-hybridized carbons (Fsp3) is 0.941. The van der Waals surface area contributed by atoms with Gasteiger partial charge in [-0.3, -0.25) is 9.69 Å². The summed E-state index contributed by atoms with van der Waals surface area (Å²) < 4.78 is 0. The number of aliphatic hydroxyl groups is 1. The first-order valence-electron chi connectivity index (χ1n) is 8.89. The average molecular weight is 294 g/mol. The average Bonchev–Trinajstić information content (AvgIpc) is 3.18. The minimum absolute atomic E-state index is 0.0950. The molecule has 4 heteroatoms. The van der Waals surface area contributed by atoms with Crippen LogP contribution in [-0.2, 0) is 4.79 Å². The predicted octanol–water partition coefficient (Wildman–Crippen LogP) is 2.06. The van der Waals surface area contributed by atoms with Crippen molar-refractivity contribution in [2.75, 3.05) is 19.7 Å². The Morgan fingerprint density at radius 2 is 1.81 bits per heavy atom. The number of nitrogens with one attached hydrogen (secondary N) is 1. The Bertz CT molecular complexity index is 360. The first-order valence-corrected chi connectivity index (χ1v) is 8.89. The van der Waals surface area contributed by atoms with Crippen molar-refractivity contribution in [2.24, 2.45) is 5.92 Å². The highest BCUT2D eigenvalue weighted by Gasteiger charge is 2.39. The number of likely N-dealkylation sites (tertiary alicyclic amines) is 1. The van der Waals surface area contributed by atoms with Gasteiger partial charge in [-0.25, -0.2) is 0 Å². The van der Waals surface area contributed by atoms with Crippen molar-refractivity contribution in [3.05, 3.63) is 0 Å². The number of rotatable bonds is 4. The third-order valence-electron chi connectivity index (χ3n) is 5.93. The van der Waals surface area contributed by atoms with E-state index in [4.69, 9.17) is 0 Å². The Morgan fingerprint density at radius 3 is 2.48 bits per heavy atom. The maximum atomic E-state index is 12.5. The molecule has 3 aliphatic rings. The molecule has 1 saturated heterocycles. The molecule has 2 N–H and O–H groups in total. The molecule has 0 spiro atoms. The fourth-order valence-corrected chi connectivity index (χ4v) is 4.52. The second kappa shape index (κ2) is 6.66. The van der Waals surface area contributed by atoms with E-state index in [-0.39, 0.29) is 24.0 Å².